The van der Waals surface area contributed by atoms with Crippen molar-refractivity contribution < 1.29 is 23.7 Å². The van der Waals surface area contributed by atoms with Crippen LogP contribution in [-0.2, 0) is 4.79 Å². The number of hydrogen-bond acceptors (Lipinski definition) is 8. The number of ether oxygens (including phenoxy) is 4. The third kappa shape index (κ3) is 4.37. The number of Topliss-reactive ketones (excluding diaryl/α,β-unsaturated/α-hetero) is 1. The Balaban J connectivity index is 1.51. The van der Waals surface area contributed by atoms with Gasteiger partial charge in [0.1, 0.15) is 25.6 Å². The van der Waals surface area contributed by atoms with Crippen LogP contribution in [0, 0.1) is 5.41 Å². The predicted octanol–water partition coefficient (Wildman–Crippen LogP) is 4.26. The van der Waals surface area contributed by atoms with Gasteiger partial charge in [-0.15, -0.1) is 10.2 Å². The molecule has 0 fully saturated rings. The Hall–Kier alpha value is -3.20. The third-order valence-corrected chi connectivity index (χ3v) is 6.34. The molecule has 2 aliphatic rings. The number of nitrogens with zero attached hydrogens (tertiary/aromatic N) is 3. The van der Waals surface area contributed by atoms with Gasteiger partial charge in [-0.1, -0.05) is 44.7 Å². The first kappa shape index (κ1) is 21.6. The molecule has 0 N–H and O–H groups in total. The van der Waals surface area contributed by atoms with Crippen molar-refractivity contribution in [1.29, 1.82) is 0 Å². The number of carbonyl (C=O) groups excluding carboxylic acids is 1. The molecule has 0 bridgehead atoms. The van der Waals surface area contributed by atoms with Crippen molar-refractivity contribution in [2.24, 2.45) is 5.41 Å². The standard InChI is InChI=1S/C24H25N3O5S/c1-24(2,3)21(28)14-33-23-26-25-22(20-13-31-16-6-4-5-7-18(16)32-20)27(23)15-8-9-17-19(12-15)30-11-10-29-17/h4-9,12,20H,10-11,13-14H2,1-3H3/t20-/m1/s1. The van der Waals surface area contributed by atoms with Gasteiger partial charge < -0.3 is 18.9 Å². The molecule has 3 aromatic rings. The zero-order valence-electron chi connectivity index (χ0n) is 18.7. The van der Waals surface area contributed by atoms with Crippen molar-refractivity contribution >= 4 is 17.5 Å². The number of rotatable bonds is 5. The number of aromatic nitrogens is 3. The second kappa shape index (κ2) is 8.62. The topological polar surface area (TPSA) is 84.7 Å². The summed E-state index contributed by atoms with van der Waals surface area (Å²) >= 11 is 1.36. The highest BCUT2D eigenvalue weighted by Gasteiger charge is 2.30. The van der Waals surface area contributed by atoms with Crippen molar-refractivity contribution in [3.63, 3.8) is 0 Å². The second-order valence-corrected chi connectivity index (χ2v) is 9.77. The van der Waals surface area contributed by atoms with E-state index < -0.39 is 11.5 Å². The van der Waals surface area contributed by atoms with Crippen molar-refractivity contribution in [3.05, 3.63) is 48.3 Å². The average Bonchev–Trinajstić information content (AvgIpc) is 3.25. The summed E-state index contributed by atoms with van der Waals surface area (Å²) < 4.78 is 25.5. The summed E-state index contributed by atoms with van der Waals surface area (Å²) in [6, 6.07) is 13.2. The molecule has 2 aromatic carbocycles. The quantitative estimate of drug-likeness (QED) is 0.515. The van der Waals surface area contributed by atoms with Crippen LogP contribution in [0.25, 0.3) is 5.69 Å². The molecule has 1 atom stereocenters. The number of thioether (sulfide) groups is 1. The van der Waals surface area contributed by atoms with Gasteiger partial charge in [-0.2, -0.15) is 0 Å². The third-order valence-electron chi connectivity index (χ3n) is 5.41. The van der Waals surface area contributed by atoms with E-state index in [9.17, 15) is 4.79 Å². The van der Waals surface area contributed by atoms with Crippen LogP contribution < -0.4 is 18.9 Å². The predicted molar refractivity (Wildman–Crippen MR) is 123 cm³/mol. The monoisotopic (exact) mass is 467 g/mol. The van der Waals surface area contributed by atoms with E-state index in [1.165, 1.54) is 11.8 Å². The molecule has 8 nitrogen and oxygen atoms in total. The van der Waals surface area contributed by atoms with Crippen molar-refractivity contribution in [1.82, 2.24) is 14.8 Å². The van der Waals surface area contributed by atoms with Crippen LogP contribution in [0.2, 0.25) is 0 Å². The Labute approximate surface area is 196 Å². The number of hydrogen-bond donors (Lipinski definition) is 0. The average molecular weight is 468 g/mol. The molecular formula is C24H25N3O5S. The summed E-state index contributed by atoms with van der Waals surface area (Å²) in [5, 5.41) is 9.45. The fraction of sp³-hybridized carbons (Fsp3) is 0.375. The number of benzene rings is 2. The summed E-state index contributed by atoms with van der Waals surface area (Å²) in [5.41, 5.74) is 0.370. The van der Waals surface area contributed by atoms with Crippen LogP contribution >= 0.6 is 11.8 Å². The maximum Gasteiger partial charge on any atom is 0.196 e. The molecule has 33 heavy (non-hydrogen) atoms. The number of ketones is 1. The molecule has 0 aliphatic carbocycles. The summed E-state index contributed by atoms with van der Waals surface area (Å²) in [6.45, 7) is 7.05. The molecule has 0 spiro atoms. The van der Waals surface area contributed by atoms with Crippen LogP contribution in [0.1, 0.15) is 32.7 Å². The smallest absolute Gasteiger partial charge is 0.196 e. The molecule has 2 aliphatic heterocycles. The van der Waals surface area contributed by atoms with Crippen LogP contribution in [0.15, 0.2) is 47.6 Å². The molecule has 0 radical (unpaired) electrons. The lowest BCUT2D eigenvalue weighted by Gasteiger charge is -2.26. The summed E-state index contributed by atoms with van der Waals surface area (Å²) in [7, 11) is 0. The first-order valence-electron chi connectivity index (χ1n) is 10.8. The highest BCUT2D eigenvalue weighted by Crippen LogP contribution is 2.38. The van der Waals surface area contributed by atoms with Gasteiger partial charge in [0.2, 0.25) is 0 Å². The van der Waals surface area contributed by atoms with Gasteiger partial charge in [-0.3, -0.25) is 9.36 Å². The van der Waals surface area contributed by atoms with E-state index in [2.05, 4.69) is 10.2 Å². The minimum absolute atomic E-state index is 0.136. The Kier molecular flexibility index (Phi) is 5.65. The van der Waals surface area contributed by atoms with E-state index in [4.69, 9.17) is 18.9 Å². The lowest BCUT2D eigenvalue weighted by atomic mass is 9.92. The molecule has 172 valence electrons. The van der Waals surface area contributed by atoms with Gasteiger partial charge in [0, 0.05) is 11.5 Å². The Morgan fingerprint density at radius 1 is 1.00 bits per heavy atom. The highest BCUT2D eigenvalue weighted by molar-refractivity contribution is 7.99. The minimum atomic E-state index is -0.465. The lowest BCUT2D eigenvalue weighted by molar-refractivity contribution is -0.123. The molecular weight excluding hydrogens is 442 g/mol. The second-order valence-electron chi connectivity index (χ2n) is 8.83. The van der Waals surface area contributed by atoms with Gasteiger partial charge in [0.05, 0.1) is 11.4 Å². The molecule has 0 unspecified atom stereocenters. The van der Waals surface area contributed by atoms with Crippen molar-refractivity contribution in [2.45, 2.75) is 32.0 Å². The number of para-hydroxylation sites is 2. The van der Waals surface area contributed by atoms with Gasteiger partial charge in [0.25, 0.3) is 0 Å². The van der Waals surface area contributed by atoms with E-state index in [0.717, 1.165) is 5.69 Å². The maximum atomic E-state index is 12.6. The van der Waals surface area contributed by atoms with Crippen molar-refractivity contribution in [2.75, 3.05) is 25.6 Å². The maximum absolute atomic E-state index is 12.6. The molecule has 0 amide bonds. The molecule has 0 saturated carbocycles. The number of carbonyl (C=O) groups is 1. The largest absolute Gasteiger partial charge is 0.486 e. The van der Waals surface area contributed by atoms with Crippen molar-refractivity contribution in [3.8, 4) is 28.7 Å². The molecule has 9 heteroatoms. The Morgan fingerprint density at radius 2 is 1.73 bits per heavy atom. The van der Waals surface area contributed by atoms with E-state index in [1.54, 1.807) is 0 Å². The summed E-state index contributed by atoms with van der Waals surface area (Å²) in [6.07, 6.45) is -0.465. The fourth-order valence-electron chi connectivity index (χ4n) is 3.49. The minimum Gasteiger partial charge on any atom is -0.486 e. The Bertz CT molecular complexity index is 1190. The van der Waals surface area contributed by atoms with E-state index in [-0.39, 0.29) is 11.5 Å². The van der Waals surface area contributed by atoms with Crippen LogP contribution in [-0.4, -0.2) is 46.1 Å². The van der Waals surface area contributed by atoms with E-state index in [1.807, 2.05) is 67.8 Å². The van der Waals surface area contributed by atoms with Gasteiger partial charge >= 0.3 is 0 Å². The van der Waals surface area contributed by atoms with Gasteiger partial charge in [-0.05, 0) is 24.3 Å². The van der Waals surface area contributed by atoms with Crippen LogP contribution in [0.3, 0.4) is 0 Å². The first-order valence-corrected chi connectivity index (χ1v) is 11.8. The molecule has 1 aromatic heterocycles. The summed E-state index contributed by atoms with van der Waals surface area (Å²) in [4.78, 5) is 12.6. The van der Waals surface area contributed by atoms with Crippen LogP contribution in [0.4, 0.5) is 0 Å². The fourth-order valence-corrected chi connectivity index (χ4v) is 4.61. The molecule has 5 rings (SSSR count). The van der Waals surface area contributed by atoms with E-state index in [0.29, 0.717) is 53.8 Å². The lowest BCUT2D eigenvalue weighted by Crippen LogP contribution is -2.25. The SMILES string of the molecule is CC(C)(C)C(=O)CSc1nnc([C@H]2COc3ccccc3O2)n1-c1ccc2c(c1)OCCO2. The van der Waals surface area contributed by atoms with E-state index >= 15 is 0 Å². The zero-order valence-corrected chi connectivity index (χ0v) is 19.6. The highest BCUT2D eigenvalue weighted by atomic mass is 32.2. The molecule has 0 saturated heterocycles. The first-order chi connectivity index (χ1) is 15.9. The van der Waals surface area contributed by atoms with Gasteiger partial charge in [-0.25, -0.2) is 0 Å². The normalized spacial score (nSPS) is 17.0. The van der Waals surface area contributed by atoms with Gasteiger partial charge in [0.15, 0.2) is 40.1 Å². The zero-order chi connectivity index (χ0) is 23.0. The number of fused-ring (bicyclic) bond motifs is 2. The molecule has 3 heterocycles. The van der Waals surface area contributed by atoms with Crippen LogP contribution in [0.5, 0.6) is 23.0 Å². The Morgan fingerprint density at radius 3 is 2.52 bits per heavy atom. The summed E-state index contributed by atoms with van der Waals surface area (Å²) in [5.74, 6) is 3.72.